The molecule has 0 aromatic carbocycles. The lowest BCUT2D eigenvalue weighted by Crippen LogP contribution is -2.52. The van der Waals surface area contributed by atoms with Crippen molar-refractivity contribution in [2.24, 2.45) is 5.92 Å². The highest BCUT2D eigenvalue weighted by molar-refractivity contribution is 4.85. The van der Waals surface area contributed by atoms with Crippen molar-refractivity contribution < 1.29 is 10.2 Å². The Balaban J connectivity index is 2.47. The van der Waals surface area contributed by atoms with Crippen LogP contribution in [-0.2, 0) is 0 Å². The van der Waals surface area contributed by atoms with Crippen molar-refractivity contribution in [3.8, 4) is 0 Å². The van der Waals surface area contributed by atoms with E-state index in [-0.39, 0.29) is 12.7 Å². The Hall–Kier alpha value is -0.160. The Morgan fingerprint density at radius 1 is 1.38 bits per heavy atom. The molecule has 96 valence electrons. The van der Waals surface area contributed by atoms with E-state index in [4.69, 9.17) is 5.11 Å². The maximum Gasteiger partial charge on any atom is 0.0578 e. The summed E-state index contributed by atoms with van der Waals surface area (Å²) in [5, 5.41) is 22.1. The van der Waals surface area contributed by atoms with Crippen molar-refractivity contribution in [3.05, 3.63) is 0 Å². The lowest BCUT2D eigenvalue weighted by Gasteiger charge is -2.39. The monoisotopic (exact) mass is 230 g/mol. The van der Waals surface area contributed by atoms with Gasteiger partial charge < -0.3 is 20.4 Å². The zero-order valence-corrected chi connectivity index (χ0v) is 10.5. The average Bonchev–Trinajstić information content (AvgIpc) is 2.34. The molecule has 3 atom stereocenters. The quantitative estimate of drug-likeness (QED) is 0.603. The van der Waals surface area contributed by atoms with Crippen LogP contribution >= 0.6 is 0 Å². The largest absolute Gasteiger partial charge is 0.395 e. The van der Waals surface area contributed by atoms with Gasteiger partial charge in [-0.05, 0) is 25.3 Å². The van der Waals surface area contributed by atoms with Gasteiger partial charge in [-0.2, -0.15) is 0 Å². The topological polar surface area (TPSA) is 55.7 Å². The molecule has 0 saturated carbocycles. The van der Waals surface area contributed by atoms with Gasteiger partial charge in [0, 0.05) is 25.7 Å². The molecule has 0 aliphatic carbocycles. The summed E-state index contributed by atoms with van der Waals surface area (Å²) >= 11 is 0. The number of aliphatic hydroxyl groups excluding tert-OH is 2. The van der Waals surface area contributed by atoms with Crippen molar-refractivity contribution in [2.75, 3.05) is 32.8 Å². The number of likely N-dealkylation sites (tertiary alicyclic amines) is 1. The third-order valence-corrected chi connectivity index (χ3v) is 3.51. The molecular weight excluding hydrogens is 204 g/mol. The molecule has 16 heavy (non-hydrogen) atoms. The highest BCUT2D eigenvalue weighted by Crippen LogP contribution is 2.21. The van der Waals surface area contributed by atoms with Crippen LogP contribution in [-0.4, -0.2) is 60.0 Å². The first-order valence-electron chi connectivity index (χ1n) is 6.45. The molecule has 0 aromatic rings. The Morgan fingerprint density at radius 3 is 2.69 bits per heavy atom. The highest BCUT2D eigenvalue weighted by Gasteiger charge is 2.29. The lowest BCUT2D eigenvalue weighted by atomic mass is 9.88. The van der Waals surface area contributed by atoms with E-state index in [1.165, 1.54) is 0 Å². The minimum Gasteiger partial charge on any atom is -0.395 e. The van der Waals surface area contributed by atoms with Gasteiger partial charge in [0.25, 0.3) is 0 Å². The van der Waals surface area contributed by atoms with E-state index >= 15 is 0 Å². The molecular formula is C12H26N2O2. The van der Waals surface area contributed by atoms with Gasteiger partial charge in [0.15, 0.2) is 0 Å². The van der Waals surface area contributed by atoms with Gasteiger partial charge in [-0.25, -0.2) is 0 Å². The van der Waals surface area contributed by atoms with Gasteiger partial charge in [0.05, 0.1) is 12.7 Å². The van der Waals surface area contributed by atoms with E-state index in [9.17, 15) is 5.11 Å². The molecule has 0 amide bonds. The number of nitrogens with one attached hydrogen (secondary N) is 1. The lowest BCUT2D eigenvalue weighted by molar-refractivity contribution is 0.0369. The summed E-state index contributed by atoms with van der Waals surface area (Å²) < 4.78 is 0. The normalized spacial score (nSPS) is 29.2. The zero-order chi connectivity index (χ0) is 12.0. The Bertz CT molecular complexity index is 190. The second-order valence-corrected chi connectivity index (χ2v) is 4.70. The van der Waals surface area contributed by atoms with E-state index in [0.717, 1.165) is 32.5 Å². The summed E-state index contributed by atoms with van der Waals surface area (Å²) in [6.45, 7) is 8.09. The van der Waals surface area contributed by atoms with Crippen molar-refractivity contribution in [1.82, 2.24) is 10.2 Å². The fourth-order valence-corrected chi connectivity index (χ4v) is 2.52. The highest BCUT2D eigenvalue weighted by atomic mass is 16.3. The maximum atomic E-state index is 9.94. The van der Waals surface area contributed by atoms with Crippen LogP contribution in [0.5, 0.6) is 0 Å². The summed E-state index contributed by atoms with van der Waals surface area (Å²) in [5.74, 6) is 0.370. The molecule has 0 aromatic heterocycles. The van der Waals surface area contributed by atoms with E-state index in [1.807, 2.05) is 6.92 Å². The van der Waals surface area contributed by atoms with Crippen molar-refractivity contribution in [3.63, 3.8) is 0 Å². The Labute approximate surface area is 98.6 Å². The minimum absolute atomic E-state index is 0.184. The molecule has 1 saturated heterocycles. The zero-order valence-electron chi connectivity index (χ0n) is 10.5. The third-order valence-electron chi connectivity index (χ3n) is 3.51. The van der Waals surface area contributed by atoms with Crippen LogP contribution in [0.2, 0.25) is 0 Å². The smallest absolute Gasteiger partial charge is 0.0578 e. The van der Waals surface area contributed by atoms with Gasteiger partial charge in [0.1, 0.15) is 0 Å². The van der Waals surface area contributed by atoms with Gasteiger partial charge >= 0.3 is 0 Å². The molecule has 1 aliphatic heterocycles. The first kappa shape index (κ1) is 13.9. The molecule has 1 heterocycles. The van der Waals surface area contributed by atoms with Crippen molar-refractivity contribution >= 4 is 0 Å². The second-order valence-electron chi connectivity index (χ2n) is 4.70. The van der Waals surface area contributed by atoms with Crippen LogP contribution in [0.4, 0.5) is 0 Å². The van der Waals surface area contributed by atoms with E-state index in [1.54, 1.807) is 0 Å². The number of rotatable bonds is 6. The number of likely N-dealkylation sites (N-methyl/N-ethyl adjacent to an activating group) is 1. The van der Waals surface area contributed by atoms with Gasteiger partial charge in [0.2, 0.25) is 0 Å². The number of aliphatic hydroxyl groups is 2. The fraction of sp³-hybridized carbons (Fsp3) is 1.00. The summed E-state index contributed by atoms with van der Waals surface area (Å²) in [6, 6.07) is 0.409. The molecule has 3 unspecified atom stereocenters. The predicted octanol–water partition coefficient (Wildman–Crippen LogP) is 0.0496. The van der Waals surface area contributed by atoms with Crippen LogP contribution in [0.15, 0.2) is 0 Å². The standard InChI is InChI=1S/C12H26N2O2/c1-3-12(16)10-7-11(13-5-6-15)9-14(4-2)8-10/h10-13,15-16H,3-9H2,1-2H3. The number of hydrogen-bond acceptors (Lipinski definition) is 4. The van der Waals surface area contributed by atoms with Crippen LogP contribution < -0.4 is 5.32 Å². The van der Waals surface area contributed by atoms with E-state index in [2.05, 4.69) is 17.1 Å². The number of hydrogen-bond donors (Lipinski definition) is 3. The van der Waals surface area contributed by atoms with Gasteiger partial charge in [-0.15, -0.1) is 0 Å². The first-order chi connectivity index (χ1) is 7.71. The summed E-state index contributed by atoms with van der Waals surface area (Å²) in [4.78, 5) is 2.38. The molecule has 1 aliphatic rings. The summed E-state index contributed by atoms with van der Waals surface area (Å²) in [6.07, 6.45) is 1.66. The van der Waals surface area contributed by atoms with E-state index < -0.39 is 0 Å². The first-order valence-corrected chi connectivity index (χ1v) is 6.45. The Kier molecular flexibility index (Phi) is 6.28. The van der Waals surface area contributed by atoms with Crippen LogP contribution in [0.3, 0.4) is 0 Å². The molecule has 0 bridgehead atoms. The molecule has 4 nitrogen and oxygen atoms in total. The van der Waals surface area contributed by atoms with Gasteiger partial charge in [-0.3, -0.25) is 0 Å². The molecule has 4 heteroatoms. The summed E-state index contributed by atoms with van der Waals surface area (Å²) in [5.41, 5.74) is 0. The number of nitrogens with zero attached hydrogens (tertiary/aromatic N) is 1. The van der Waals surface area contributed by atoms with Crippen LogP contribution in [0.25, 0.3) is 0 Å². The summed E-state index contributed by atoms with van der Waals surface area (Å²) in [7, 11) is 0. The molecule has 3 N–H and O–H groups in total. The Morgan fingerprint density at radius 2 is 2.12 bits per heavy atom. The molecule has 0 radical (unpaired) electrons. The predicted molar refractivity (Wildman–Crippen MR) is 65.4 cm³/mol. The minimum atomic E-state index is -0.187. The molecule has 1 fully saturated rings. The van der Waals surface area contributed by atoms with Crippen molar-refractivity contribution in [1.29, 1.82) is 0 Å². The average molecular weight is 230 g/mol. The van der Waals surface area contributed by atoms with E-state index in [0.29, 0.717) is 18.5 Å². The molecule has 0 spiro atoms. The fourth-order valence-electron chi connectivity index (χ4n) is 2.52. The molecule has 1 rings (SSSR count). The second kappa shape index (κ2) is 7.22. The van der Waals surface area contributed by atoms with Crippen LogP contribution in [0.1, 0.15) is 26.7 Å². The van der Waals surface area contributed by atoms with Crippen LogP contribution in [0, 0.1) is 5.92 Å². The van der Waals surface area contributed by atoms with Gasteiger partial charge in [-0.1, -0.05) is 13.8 Å². The van der Waals surface area contributed by atoms with Crippen molar-refractivity contribution in [2.45, 2.75) is 38.8 Å². The number of piperidine rings is 1. The maximum absolute atomic E-state index is 9.94. The SMILES string of the molecule is CCC(O)C1CC(NCCO)CN(CC)C1. The third kappa shape index (κ3) is 4.01.